The number of ether oxygens (including phenoxy) is 1. The van der Waals surface area contributed by atoms with Crippen LogP contribution in [0.1, 0.15) is 28.8 Å². The molecule has 2 N–H and O–H groups in total. The maximum absolute atomic E-state index is 12.6. The molecule has 0 aromatic heterocycles. The molecule has 1 aliphatic heterocycles. The number of amides is 1. The summed E-state index contributed by atoms with van der Waals surface area (Å²) in [6.45, 7) is 3.04. The average molecular weight is 333 g/mol. The zero-order valence-corrected chi connectivity index (χ0v) is 13.9. The van der Waals surface area contributed by atoms with Crippen molar-refractivity contribution in [1.82, 2.24) is 4.90 Å². The maximum Gasteiger partial charge on any atom is 0.254 e. The van der Waals surface area contributed by atoms with Crippen LogP contribution in [0.4, 0.5) is 0 Å². The Hall–Kier alpha value is -0.810. The first-order valence-corrected chi connectivity index (χ1v) is 7.24. The standard InChI is InChI=1S/C15H21ClN2O2.ClH/c1-10-7-11(3-4-14(10)16)15(19)18-6-5-13(20-2)8-12(18)9-17;/h3-4,7,12-13H,5-6,8-9,17H2,1-2H3;1H. The number of benzene rings is 1. The van der Waals surface area contributed by atoms with Crippen LogP contribution < -0.4 is 5.73 Å². The zero-order valence-electron chi connectivity index (χ0n) is 12.3. The van der Waals surface area contributed by atoms with Crippen LogP contribution in [-0.4, -0.2) is 43.2 Å². The molecule has 0 spiro atoms. The van der Waals surface area contributed by atoms with Gasteiger partial charge in [-0.05, 0) is 43.5 Å². The van der Waals surface area contributed by atoms with Gasteiger partial charge in [0.25, 0.3) is 5.91 Å². The highest BCUT2D eigenvalue weighted by molar-refractivity contribution is 6.31. The molecule has 0 aliphatic carbocycles. The minimum atomic E-state index is 0. The molecule has 1 amide bonds. The lowest BCUT2D eigenvalue weighted by molar-refractivity contribution is 0.0139. The Morgan fingerprint density at radius 1 is 1.52 bits per heavy atom. The Bertz CT molecular complexity index is 497. The average Bonchev–Trinajstić information content (AvgIpc) is 2.48. The van der Waals surface area contributed by atoms with E-state index in [4.69, 9.17) is 22.1 Å². The number of methoxy groups -OCH3 is 1. The molecule has 1 aromatic rings. The summed E-state index contributed by atoms with van der Waals surface area (Å²) in [7, 11) is 1.71. The van der Waals surface area contributed by atoms with Crippen molar-refractivity contribution in [2.45, 2.75) is 31.9 Å². The second kappa shape index (κ2) is 7.99. The zero-order chi connectivity index (χ0) is 14.7. The molecule has 0 bridgehead atoms. The van der Waals surface area contributed by atoms with E-state index in [-0.39, 0.29) is 30.5 Å². The summed E-state index contributed by atoms with van der Waals surface area (Å²) in [6.07, 6.45) is 1.84. The SMILES string of the molecule is COC1CCN(C(=O)c2ccc(Cl)c(C)c2)C(CN)C1.Cl. The summed E-state index contributed by atoms with van der Waals surface area (Å²) in [4.78, 5) is 14.5. The first kappa shape index (κ1) is 18.2. The lowest BCUT2D eigenvalue weighted by Gasteiger charge is -2.38. The van der Waals surface area contributed by atoms with Crippen LogP contribution >= 0.6 is 24.0 Å². The number of nitrogens with two attached hydrogens (primary N) is 1. The number of aryl methyl sites for hydroxylation is 1. The lowest BCUT2D eigenvalue weighted by atomic mass is 9.98. The van der Waals surface area contributed by atoms with Crippen molar-refractivity contribution in [2.75, 3.05) is 20.2 Å². The number of halogens is 2. The fraction of sp³-hybridized carbons (Fsp3) is 0.533. The summed E-state index contributed by atoms with van der Waals surface area (Å²) in [5.41, 5.74) is 7.39. The molecule has 21 heavy (non-hydrogen) atoms. The highest BCUT2D eigenvalue weighted by Gasteiger charge is 2.31. The highest BCUT2D eigenvalue weighted by Crippen LogP contribution is 2.23. The topological polar surface area (TPSA) is 55.6 Å². The molecular formula is C15H22Cl2N2O2. The molecule has 1 aromatic carbocycles. The van der Waals surface area contributed by atoms with Crippen molar-refractivity contribution in [1.29, 1.82) is 0 Å². The van der Waals surface area contributed by atoms with Crippen LogP contribution in [0.3, 0.4) is 0 Å². The third kappa shape index (κ3) is 4.10. The maximum atomic E-state index is 12.6. The second-order valence-corrected chi connectivity index (χ2v) is 5.64. The minimum Gasteiger partial charge on any atom is -0.381 e. The van der Waals surface area contributed by atoms with Crippen molar-refractivity contribution in [3.63, 3.8) is 0 Å². The number of hydrogen-bond donors (Lipinski definition) is 1. The Labute approximate surface area is 137 Å². The molecule has 1 heterocycles. The molecule has 4 nitrogen and oxygen atoms in total. The Balaban J connectivity index is 0.00000220. The quantitative estimate of drug-likeness (QED) is 0.925. The van der Waals surface area contributed by atoms with E-state index < -0.39 is 0 Å². The van der Waals surface area contributed by atoms with Crippen LogP contribution in [-0.2, 0) is 4.74 Å². The van der Waals surface area contributed by atoms with E-state index in [0.717, 1.165) is 18.4 Å². The van der Waals surface area contributed by atoms with Crippen LogP contribution in [0.5, 0.6) is 0 Å². The molecule has 2 unspecified atom stereocenters. The van der Waals surface area contributed by atoms with Crippen LogP contribution in [0.2, 0.25) is 5.02 Å². The van der Waals surface area contributed by atoms with E-state index in [2.05, 4.69) is 0 Å². The van der Waals surface area contributed by atoms with Gasteiger partial charge in [0.2, 0.25) is 0 Å². The summed E-state index contributed by atoms with van der Waals surface area (Å²) < 4.78 is 5.38. The first-order chi connectivity index (χ1) is 9.56. The molecule has 2 rings (SSSR count). The highest BCUT2D eigenvalue weighted by atomic mass is 35.5. The largest absolute Gasteiger partial charge is 0.381 e. The van der Waals surface area contributed by atoms with Crippen LogP contribution in [0.15, 0.2) is 18.2 Å². The van der Waals surface area contributed by atoms with Gasteiger partial charge in [0.15, 0.2) is 0 Å². The van der Waals surface area contributed by atoms with Gasteiger partial charge in [-0.15, -0.1) is 12.4 Å². The van der Waals surface area contributed by atoms with Gasteiger partial charge in [-0.3, -0.25) is 4.79 Å². The van der Waals surface area contributed by atoms with Crippen LogP contribution in [0.25, 0.3) is 0 Å². The predicted molar refractivity (Wildman–Crippen MR) is 87.3 cm³/mol. The Morgan fingerprint density at radius 2 is 2.24 bits per heavy atom. The summed E-state index contributed by atoms with van der Waals surface area (Å²) in [5, 5.41) is 0.676. The molecule has 1 saturated heterocycles. The van der Waals surface area contributed by atoms with Gasteiger partial charge in [0.1, 0.15) is 0 Å². The van der Waals surface area contributed by atoms with E-state index in [1.807, 2.05) is 17.9 Å². The second-order valence-electron chi connectivity index (χ2n) is 5.23. The summed E-state index contributed by atoms with van der Waals surface area (Å²) >= 11 is 6.00. The molecule has 1 fully saturated rings. The van der Waals surface area contributed by atoms with E-state index in [1.54, 1.807) is 19.2 Å². The lowest BCUT2D eigenvalue weighted by Crippen LogP contribution is -2.51. The molecule has 0 saturated carbocycles. The van der Waals surface area contributed by atoms with Gasteiger partial charge in [-0.25, -0.2) is 0 Å². The van der Waals surface area contributed by atoms with Gasteiger partial charge in [0.05, 0.1) is 6.10 Å². The Morgan fingerprint density at radius 3 is 2.81 bits per heavy atom. The van der Waals surface area contributed by atoms with Crippen LogP contribution in [0, 0.1) is 6.92 Å². The fourth-order valence-corrected chi connectivity index (χ4v) is 2.78. The minimum absolute atomic E-state index is 0. The molecule has 2 atom stereocenters. The van der Waals surface area contributed by atoms with Gasteiger partial charge in [0, 0.05) is 36.8 Å². The van der Waals surface area contributed by atoms with Gasteiger partial charge >= 0.3 is 0 Å². The first-order valence-electron chi connectivity index (χ1n) is 6.86. The number of hydrogen-bond acceptors (Lipinski definition) is 3. The molecule has 1 aliphatic rings. The molecule has 118 valence electrons. The number of likely N-dealkylation sites (tertiary alicyclic amines) is 1. The van der Waals surface area contributed by atoms with Gasteiger partial charge in [-0.1, -0.05) is 11.6 Å². The number of piperidine rings is 1. The predicted octanol–water partition coefficient (Wildman–Crippen LogP) is 2.65. The number of carbonyl (C=O) groups is 1. The fourth-order valence-electron chi connectivity index (χ4n) is 2.66. The van der Waals surface area contributed by atoms with Crippen molar-refractivity contribution in [2.24, 2.45) is 5.73 Å². The summed E-state index contributed by atoms with van der Waals surface area (Å²) in [6, 6.07) is 5.41. The van der Waals surface area contributed by atoms with Gasteiger partial charge < -0.3 is 15.4 Å². The van der Waals surface area contributed by atoms with Crippen molar-refractivity contribution in [3.8, 4) is 0 Å². The van der Waals surface area contributed by atoms with Crippen molar-refractivity contribution < 1.29 is 9.53 Å². The van der Waals surface area contributed by atoms with E-state index in [1.165, 1.54) is 0 Å². The van der Waals surface area contributed by atoms with E-state index >= 15 is 0 Å². The third-order valence-electron chi connectivity index (χ3n) is 3.94. The third-order valence-corrected chi connectivity index (χ3v) is 4.36. The van der Waals surface area contributed by atoms with E-state index in [9.17, 15) is 4.79 Å². The van der Waals surface area contributed by atoms with Crippen molar-refractivity contribution >= 4 is 29.9 Å². The van der Waals surface area contributed by atoms with Gasteiger partial charge in [-0.2, -0.15) is 0 Å². The van der Waals surface area contributed by atoms with Crippen molar-refractivity contribution in [3.05, 3.63) is 34.3 Å². The molecule has 0 radical (unpaired) electrons. The number of rotatable bonds is 3. The Kier molecular flexibility index (Phi) is 6.94. The normalized spacial score (nSPS) is 21.8. The molecule has 6 heteroatoms. The summed E-state index contributed by atoms with van der Waals surface area (Å²) in [5.74, 6) is 0.0229. The molecular weight excluding hydrogens is 311 g/mol. The smallest absolute Gasteiger partial charge is 0.254 e. The number of nitrogens with zero attached hydrogens (tertiary/aromatic N) is 1. The van der Waals surface area contributed by atoms with E-state index in [0.29, 0.717) is 23.7 Å². The monoisotopic (exact) mass is 332 g/mol. The number of carbonyl (C=O) groups excluding carboxylic acids is 1.